The van der Waals surface area contributed by atoms with Gasteiger partial charge in [0.05, 0.1) is 24.7 Å². The average molecular weight is 362 g/mol. The smallest absolute Gasteiger partial charge is 0.391 e. The van der Waals surface area contributed by atoms with Crippen LogP contribution < -0.4 is 14.8 Å². The molecule has 130 valence electrons. The van der Waals surface area contributed by atoms with Gasteiger partial charge in [-0.1, -0.05) is 11.6 Å². The molecule has 0 spiro atoms. The Hall–Kier alpha value is -2.07. The van der Waals surface area contributed by atoms with Crippen LogP contribution in [0.25, 0.3) is 0 Å². The van der Waals surface area contributed by atoms with E-state index < -0.39 is 24.5 Å². The van der Waals surface area contributed by atoms with Crippen LogP contribution in [0, 0.1) is 12.3 Å². The standard InChI is InChI=1S/C16H15ClF3NO3/c1-2-4-11(9-16(18,19)20)21-15(22)10-7-12(17)14-13(8-10)23-5-3-6-24-14/h1,7-8,11H,3-6,9H2,(H,21,22)/t11-/m1/s1. The van der Waals surface area contributed by atoms with E-state index in [2.05, 4.69) is 11.2 Å². The van der Waals surface area contributed by atoms with Crippen molar-refractivity contribution in [3.05, 3.63) is 22.7 Å². The summed E-state index contributed by atoms with van der Waals surface area (Å²) in [6, 6.07) is 1.50. The zero-order valence-corrected chi connectivity index (χ0v) is 13.3. The number of rotatable bonds is 4. The van der Waals surface area contributed by atoms with Gasteiger partial charge in [0.1, 0.15) is 0 Å². The van der Waals surface area contributed by atoms with Crippen molar-refractivity contribution in [2.75, 3.05) is 13.2 Å². The van der Waals surface area contributed by atoms with Gasteiger partial charge in [0.25, 0.3) is 5.91 Å². The number of benzene rings is 1. The molecule has 0 aromatic heterocycles. The van der Waals surface area contributed by atoms with Crippen molar-refractivity contribution in [3.8, 4) is 23.8 Å². The molecule has 1 aliphatic rings. The molecule has 2 rings (SSSR count). The summed E-state index contributed by atoms with van der Waals surface area (Å²) in [4.78, 5) is 12.2. The fraction of sp³-hybridized carbons (Fsp3) is 0.438. The molecule has 1 aromatic carbocycles. The predicted octanol–water partition coefficient (Wildman–Crippen LogP) is 3.58. The minimum absolute atomic E-state index is 0.0773. The Bertz CT molecular complexity index is 655. The molecule has 0 bridgehead atoms. The van der Waals surface area contributed by atoms with Gasteiger partial charge in [-0.3, -0.25) is 4.79 Å². The molecule has 1 atom stereocenters. The van der Waals surface area contributed by atoms with Gasteiger partial charge in [-0.05, 0) is 12.1 Å². The Balaban J connectivity index is 2.18. The predicted molar refractivity (Wildman–Crippen MR) is 82.4 cm³/mol. The maximum Gasteiger partial charge on any atom is 0.391 e. The van der Waals surface area contributed by atoms with Crippen LogP contribution in [0.2, 0.25) is 5.02 Å². The van der Waals surface area contributed by atoms with Crippen LogP contribution >= 0.6 is 11.6 Å². The molecular weight excluding hydrogens is 347 g/mol. The number of ether oxygens (including phenoxy) is 2. The minimum Gasteiger partial charge on any atom is -0.489 e. The van der Waals surface area contributed by atoms with E-state index in [-0.39, 0.29) is 22.8 Å². The highest BCUT2D eigenvalue weighted by atomic mass is 35.5. The second kappa shape index (κ2) is 7.67. The van der Waals surface area contributed by atoms with Crippen molar-refractivity contribution in [1.82, 2.24) is 5.32 Å². The Labute approximate surface area is 142 Å². The topological polar surface area (TPSA) is 47.6 Å². The normalized spacial score (nSPS) is 15.1. The lowest BCUT2D eigenvalue weighted by Crippen LogP contribution is -2.38. The van der Waals surface area contributed by atoms with Gasteiger partial charge in [-0.2, -0.15) is 13.2 Å². The van der Waals surface area contributed by atoms with Crippen LogP contribution in [0.5, 0.6) is 11.5 Å². The first-order chi connectivity index (χ1) is 11.3. The molecule has 0 unspecified atom stereocenters. The van der Waals surface area contributed by atoms with E-state index in [0.29, 0.717) is 25.4 Å². The van der Waals surface area contributed by atoms with Gasteiger partial charge in [0, 0.05) is 24.4 Å². The summed E-state index contributed by atoms with van der Waals surface area (Å²) >= 11 is 6.07. The number of hydrogen-bond donors (Lipinski definition) is 1. The summed E-state index contributed by atoms with van der Waals surface area (Å²) in [7, 11) is 0. The lowest BCUT2D eigenvalue weighted by molar-refractivity contribution is -0.139. The Morgan fingerprint density at radius 2 is 2.08 bits per heavy atom. The molecule has 1 aromatic rings. The van der Waals surface area contributed by atoms with Crippen LogP contribution in [-0.4, -0.2) is 31.3 Å². The number of carbonyl (C=O) groups excluding carboxylic acids is 1. The largest absolute Gasteiger partial charge is 0.489 e. The number of fused-ring (bicyclic) bond motifs is 1. The maximum atomic E-state index is 12.5. The molecule has 24 heavy (non-hydrogen) atoms. The number of terminal acetylenes is 1. The molecule has 1 N–H and O–H groups in total. The van der Waals surface area contributed by atoms with Gasteiger partial charge in [-0.25, -0.2) is 0 Å². The maximum absolute atomic E-state index is 12.5. The van der Waals surface area contributed by atoms with E-state index in [1.165, 1.54) is 12.1 Å². The Kier molecular flexibility index (Phi) is 5.84. The second-order valence-corrected chi connectivity index (χ2v) is 5.64. The van der Waals surface area contributed by atoms with Crippen molar-refractivity contribution in [2.45, 2.75) is 31.5 Å². The first kappa shape index (κ1) is 18.3. The molecule has 4 nitrogen and oxygen atoms in total. The number of hydrogen-bond acceptors (Lipinski definition) is 3. The lowest BCUT2D eigenvalue weighted by Gasteiger charge is -2.19. The Morgan fingerprint density at radius 3 is 2.75 bits per heavy atom. The molecule has 8 heteroatoms. The van der Waals surface area contributed by atoms with E-state index in [0.717, 1.165) is 0 Å². The Morgan fingerprint density at radius 1 is 1.38 bits per heavy atom. The molecule has 1 aliphatic heterocycles. The molecule has 0 radical (unpaired) electrons. The number of alkyl halides is 3. The van der Waals surface area contributed by atoms with Crippen molar-refractivity contribution >= 4 is 17.5 Å². The summed E-state index contributed by atoms with van der Waals surface area (Å²) in [5, 5.41) is 2.44. The third kappa shape index (κ3) is 4.96. The highest BCUT2D eigenvalue weighted by molar-refractivity contribution is 6.32. The van der Waals surface area contributed by atoms with Gasteiger partial charge in [-0.15, -0.1) is 12.3 Å². The summed E-state index contributed by atoms with van der Waals surface area (Å²) in [6.45, 7) is 0.816. The quantitative estimate of drug-likeness (QED) is 0.834. The number of halogens is 4. The first-order valence-electron chi connectivity index (χ1n) is 7.20. The van der Waals surface area contributed by atoms with Crippen molar-refractivity contribution in [2.24, 2.45) is 0 Å². The van der Waals surface area contributed by atoms with Crippen LogP contribution in [0.4, 0.5) is 13.2 Å². The van der Waals surface area contributed by atoms with Crippen LogP contribution in [-0.2, 0) is 0 Å². The van der Waals surface area contributed by atoms with Crippen LogP contribution in [0.1, 0.15) is 29.6 Å². The molecule has 0 fully saturated rings. The minimum atomic E-state index is -4.43. The molecular formula is C16H15ClF3NO3. The zero-order chi connectivity index (χ0) is 17.7. The molecule has 0 saturated carbocycles. The summed E-state index contributed by atoms with van der Waals surface area (Å²) in [5.41, 5.74) is 0.0773. The SMILES string of the molecule is C#CC[C@H](CC(F)(F)F)NC(=O)c1cc(Cl)c2c(c1)OCCCO2. The average Bonchev–Trinajstić information content (AvgIpc) is 2.71. The van der Waals surface area contributed by atoms with Crippen molar-refractivity contribution < 1.29 is 27.4 Å². The zero-order valence-electron chi connectivity index (χ0n) is 12.6. The fourth-order valence-electron chi connectivity index (χ4n) is 2.23. The summed E-state index contributed by atoms with van der Waals surface area (Å²) in [5.74, 6) is 2.03. The monoisotopic (exact) mass is 361 g/mol. The molecule has 0 aliphatic carbocycles. The van der Waals surface area contributed by atoms with E-state index >= 15 is 0 Å². The number of carbonyl (C=O) groups is 1. The second-order valence-electron chi connectivity index (χ2n) is 5.23. The van der Waals surface area contributed by atoms with Crippen LogP contribution in [0.15, 0.2) is 12.1 Å². The molecule has 1 heterocycles. The highest BCUT2D eigenvalue weighted by Gasteiger charge is 2.32. The summed E-state index contributed by atoms with van der Waals surface area (Å²) in [6.07, 6.45) is -0.149. The van der Waals surface area contributed by atoms with Crippen molar-refractivity contribution in [3.63, 3.8) is 0 Å². The number of amides is 1. The van der Waals surface area contributed by atoms with Crippen molar-refractivity contribution in [1.29, 1.82) is 0 Å². The summed E-state index contributed by atoms with van der Waals surface area (Å²) < 4.78 is 48.5. The highest BCUT2D eigenvalue weighted by Crippen LogP contribution is 2.38. The van der Waals surface area contributed by atoms with E-state index in [1.54, 1.807) is 0 Å². The van der Waals surface area contributed by atoms with Gasteiger partial charge >= 0.3 is 6.18 Å². The lowest BCUT2D eigenvalue weighted by atomic mass is 10.1. The van der Waals surface area contributed by atoms with E-state index in [9.17, 15) is 18.0 Å². The fourth-order valence-corrected chi connectivity index (χ4v) is 2.49. The van der Waals surface area contributed by atoms with Gasteiger partial charge in [0.15, 0.2) is 11.5 Å². The molecule has 1 amide bonds. The molecule has 0 saturated heterocycles. The van der Waals surface area contributed by atoms with Gasteiger partial charge < -0.3 is 14.8 Å². The van der Waals surface area contributed by atoms with Crippen LogP contribution in [0.3, 0.4) is 0 Å². The third-order valence-electron chi connectivity index (χ3n) is 3.24. The van der Waals surface area contributed by atoms with E-state index in [1.807, 2.05) is 0 Å². The first-order valence-corrected chi connectivity index (χ1v) is 7.58. The van der Waals surface area contributed by atoms with Gasteiger partial charge in [0.2, 0.25) is 0 Å². The number of nitrogens with one attached hydrogen (secondary N) is 1. The van der Waals surface area contributed by atoms with E-state index in [4.69, 9.17) is 27.5 Å². The third-order valence-corrected chi connectivity index (χ3v) is 3.52.